The topological polar surface area (TPSA) is 44.4 Å². The van der Waals surface area contributed by atoms with Gasteiger partial charge in [-0.05, 0) is 44.0 Å². The monoisotopic (exact) mass is 275 g/mol. The van der Waals surface area contributed by atoms with E-state index in [1.807, 2.05) is 21.0 Å². The minimum absolute atomic E-state index is 0.154. The minimum Gasteiger partial charge on any atom is -0.378 e. The maximum absolute atomic E-state index is 12.3. The third-order valence-corrected chi connectivity index (χ3v) is 4.05. The third-order valence-electron chi connectivity index (χ3n) is 4.05. The molecule has 1 atom stereocenters. The van der Waals surface area contributed by atoms with Crippen molar-refractivity contribution in [3.63, 3.8) is 0 Å². The normalized spacial score (nSPS) is 22.4. The summed E-state index contributed by atoms with van der Waals surface area (Å²) < 4.78 is 0. The van der Waals surface area contributed by atoms with Gasteiger partial charge in [-0.15, -0.1) is 0 Å². The second-order valence-electron chi connectivity index (χ2n) is 6.08. The summed E-state index contributed by atoms with van der Waals surface area (Å²) in [5.41, 5.74) is 2.04. The van der Waals surface area contributed by atoms with Crippen LogP contribution in [0.3, 0.4) is 0 Å². The van der Waals surface area contributed by atoms with Crippen LogP contribution in [0.5, 0.6) is 0 Å². The van der Waals surface area contributed by atoms with E-state index < -0.39 is 0 Å². The highest BCUT2D eigenvalue weighted by Gasteiger charge is 2.34. The van der Waals surface area contributed by atoms with Gasteiger partial charge in [-0.1, -0.05) is 12.1 Å². The number of piperidine rings is 1. The zero-order chi connectivity index (χ0) is 14.6. The van der Waals surface area contributed by atoms with Crippen molar-refractivity contribution in [3.8, 4) is 0 Å². The van der Waals surface area contributed by atoms with E-state index in [0.29, 0.717) is 6.54 Å². The Hall–Kier alpha value is -1.55. The van der Waals surface area contributed by atoms with Crippen LogP contribution < -0.4 is 15.5 Å². The Morgan fingerprint density at radius 1 is 1.35 bits per heavy atom. The number of carbonyl (C=O) groups is 1. The Bertz CT molecular complexity index is 447. The Balaban J connectivity index is 1.89. The van der Waals surface area contributed by atoms with Gasteiger partial charge in [0.05, 0.1) is 5.41 Å². The summed E-state index contributed by atoms with van der Waals surface area (Å²) >= 11 is 0. The van der Waals surface area contributed by atoms with Gasteiger partial charge in [-0.3, -0.25) is 4.79 Å². The minimum atomic E-state index is -0.262. The molecule has 1 unspecified atom stereocenters. The maximum Gasteiger partial charge on any atom is 0.227 e. The first kappa shape index (κ1) is 14.9. The van der Waals surface area contributed by atoms with E-state index in [1.165, 1.54) is 5.69 Å². The Labute approximate surface area is 121 Å². The molecule has 1 heterocycles. The van der Waals surface area contributed by atoms with E-state index in [4.69, 9.17) is 0 Å². The SMILES string of the molecule is CN(C)c1ccc(CNC(=O)C2(C)CCCNC2)cc1. The van der Waals surface area contributed by atoms with E-state index in [0.717, 1.165) is 31.5 Å². The van der Waals surface area contributed by atoms with Gasteiger partial charge in [0.15, 0.2) is 0 Å². The Morgan fingerprint density at radius 2 is 2.05 bits per heavy atom. The van der Waals surface area contributed by atoms with Gasteiger partial charge in [0.25, 0.3) is 0 Å². The molecule has 1 aromatic rings. The lowest BCUT2D eigenvalue weighted by Gasteiger charge is -2.32. The van der Waals surface area contributed by atoms with Gasteiger partial charge in [0.2, 0.25) is 5.91 Å². The molecule has 1 aromatic carbocycles. The number of carbonyl (C=O) groups excluding carboxylic acids is 1. The molecule has 1 saturated heterocycles. The fourth-order valence-corrected chi connectivity index (χ4v) is 2.56. The largest absolute Gasteiger partial charge is 0.378 e. The number of nitrogens with zero attached hydrogens (tertiary/aromatic N) is 1. The van der Waals surface area contributed by atoms with Crippen molar-refractivity contribution < 1.29 is 4.79 Å². The number of hydrogen-bond donors (Lipinski definition) is 2. The summed E-state index contributed by atoms with van der Waals surface area (Å²) in [7, 11) is 4.04. The molecule has 0 aliphatic carbocycles. The van der Waals surface area contributed by atoms with Gasteiger partial charge in [-0.2, -0.15) is 0 Å². The Morgan fingerprint density at radius 3 is 2.60 bits per heavy atom. The molecule has 0 aromatic heterocycles. The van der Waals surface area contributed by atoms with E-state index in [2.05, 4.69) is 39.8 Å². The highest BCUT2D eigenvalue weighted by molar-refractivity contribution is 5.82. The fourth-order valence-electron chi connectivity index (χ4n) is 2.56. The number of amides is 1. The first-order chi connectivity index (χ1) is 9.51. The molecule has 2 N–H and O–H groups in total. The van der Waals surface area contributed by atoms with Crippen LogP contribution in [0.2, 0.25) is 0 Å². The predicted molar refractivity (Wildman–Crippen MR) is 82.8 cm³/mol. The van der Waals surface area contributed by atoms with Gasteiger partial charge in [0.1, 0.15) is 0 Å². The van der Waals surface area contributed by atoms with Crippen LogP contribution in [-0.2, 0) is 11.3 Å². The molecule has 4 nitrogen and oxygen atoms in total. The van der Waals surface area contributed by atoms with Gasteiger partial charge >= 0.3 is 0 Å². The smallest absolute Gasteiger partial charge is 0.227 e. The van der Waals surface area contributed by atoms with Crippen molar-refractivity contribution in [2.45, 2.75) is 26.3 Å². The molecular weight excluding hydrogens is 250 g/mol. The second-order valence-corrected chi connectivity index (χ2v) is 6.08. The van der Waals surface area contributed by atoms with E-state index in [-0.39, 0.29) is 11.3 Å². The van der Waals surface area contributed by atoms with Crippen LogP contribution in [0.25, 0.3) is 0 Å². The molecule has 1 aliphatic rings. The lowest BCUT2D eigenvalue weighted by molar-refractivity contribution is -0.131. The number of anilines is 1. The first-order valence-corrected chi connectivity index (χ1v) is 7.26. The average molecular weight is 275 g/mol. The van der Waals surface area contributed by atoms with Crippen LogP contribution in [0.4, 0.5) is 5.69 Å². The standard InChI is InChI=1S/C16H25N3O/c1-16(9-4-10-17-12-16)15(20)18-11-13-5-7-14(8-6-13)19(2)3/h5-8,17H,4,9-12H2,1-3H3,(H,18,20). The van der Waals surface area contributed by atoms with Gasteiger partial charge in [-0.25, -0.2) is 0 Å². The zero-order valence-corrected chi connectivity index (χ0v) is 12.7. The highest BCUT2D eigenvalue weighted by Crippen LogP contribution is 2.25. The fraction of sp³-hybridized carbons (Fsp3) is 0.562. The van der Waals surface area contributed by atoms with E-state index >= 15 is 0 Å². The molecule has 110 valence electrons. The van der Waals surface area contributed by atoms with Crippen LogP contribution in [-0.4, -0.2) is 33.1 Å². The molecule has 0 spiro atoms. The summed E-state index contributed by atoms with van der Waals surface area (Å²) in [5.74, 6) is 0.154. The molecule has 1 amide bonds. The summed E-state index contributed by atoms with van der Waals surface area (Å²) in [6.45, 7) is 4.44. The van der Waals surface area contributed by atoms with Crippen molar-refractivity contribution in [3.05, 3.63) is 29.8 Å². The molecule has 2 rings (SSSR count). The summed E-state index contributed by atoms with van der Waals surface area (Å²) in [4.78, 5) is 14.4. The average Bonchev–Trinajstić information content (AvgIpc) is 2.46. The quantitative estimate of drug-likeness (QED) is 0.880. The second kappa shape index (κ2) is 6.27. The molecule has 0 saturated carbocycles. The molecular formula is C16H25N3O. The number of benzene rings is 1. The van der Waals surface area contributed by atoms with Gasteiger partial charge in [0, 0.05) is 32.9 Å². The summed E-state index contributed by atoms with van der Waals surface area (Å²) in [5, 5.41) is 6.37. The van der Waals surface area contributed by atoms with Crippen LogP contribution in [0.1, 0.15) is 25.3 Å². The Kier molecular flexibility index (Phi) is 4.65. The van der Waals surface area contributed by atoms with Crippen molar-refractivity contribution in [2.75, 3.05) is 32.1 Å². The number of rotatable bonds is 4. The van der Waals surface area contributed by atoms with Crippen LogP contribution in [0.15, 0.2) is 24.3 Å². The predicted octanol–water partition coefficient (Wildman–Crippen LogP) is 1.76. The number of nitrogens with one attached hydrogen (secondary N) is 2. The molecule has 0 radical (unpaired) electrons. The van der Waals surface area contributed by atoms with E-state index in [1.54, 1.807) is 0 Å². The highest BCUT2D eigenvalue weighted by atomic mass is 16.2. The van der Waals surface area contributed by atoms with Gasteiger partial charge < -0.3 is 15.5 Å². The van der Waals surface area contributed by atoms with Crippen molar-refractivity contribution >= 4 is 11.6 Å². The first-order valence-electron chi connectivity index (χ1n) is 7.26. The molecule has 20 heavy (non-hydrogen) atoms. The molecule has 0 bridgehead atoms. The third kappa shape index (κ3) is 3.51. The zero-order valence-electron chi connectivity index (χ0n) is 12.7. The van der Waals surface area contributed by atoms with Crippen molar-refractivity contribution in [1.29, 1.82) is 0 Å². The van der Waals surface area contributed by atoms with E-state index in [9.17, 15) is 4.79 Å². The van der Waals surface area contributed by atoms with Crippen LogP contribution >= 0.6 is 0 Å². The lowest BCUT2D eigenvalue weighted by Crippen LogP contribution is -2.48. The molecule has 1 aliphatic heterocycles. The molecule has 4 heteroatoms. The van der Waals surface area contributed by atoms with Crippen LogP contribution in [0, 0.1) is 5.41 Å². The number of hydrogen-bond acceptors (Lipinski definition) is 3. The summed E-state index contributed by atoms with van der Waals surface area (Å²) in [6.07, 6.45) is 2.03. The van der Waals surface area contributed by atoms with Crippen molar-refractivity contribution in [2.24, 2.45) is 5.41 Å². The summed E-state index contributed by atoms with van der Waals surface area (Å²) in [6, 6.07) is 8.28. The maximum atomic E-state index is 12.3. The van der Waals surface area contributed by atoms with Crippen molar-refractivity contribution in [1.82, 2.24) is 10.6 Å². The molecule has 1 fully saturated rings. The lowest BCUT2D eigenvalue weighted by atomic mass is 9.82.